The molecule has 0 fully saturated rings. The van der Waals surface area contributed by atoms with E-state index in [0.717, 1.165) is 9.88 Å². The van der Waals surface area contributed by atoms with Crippen LogP contribution in [0.1, 0.15) is 21.6 Å². The topological polar surface area (TPSA) is 33.1 Å². The van der Waals surface area contributed by atoms with Gasteiger partial charge in [0, 0.05) is 29.7 Å². The fraction of sp³-hybridized carbons (Fsp3) is 0.357. The second kappa shape index (κ2) is 4.98. The molecule has 90 valence electrons. The van der Waals surface area contributed by atoms with Gasteiger partial charge in [0.05, 0.1) is 0 Å². The number of aliphatic hydroxyl groups is 1. The van der Waals surface area contributed by atoms with Crippen molar-refractivity contribution < 1.29 is 5.11 Å². The van der Waals surface area contributed by atoms with Crippen molar-refractivity contribution in [2.24, 2.45) is 0 Å². The lowest BCUT2D eigenvalue weighted by atomic mass is 10.0. The molecule has 1 aromatic carbocycles. The van der Waals surface area contributed by atoms with Gasteiger partial charge in [0.1, 0.15) is 5.01 Å². The summed E-state index contributed by atoms with van der Waals surface area (Å²) < 4.78 is 0. The Morgan fingerprint density at radius 2 is 1.82 bits per heavy atom. The van der Waals surface area contributed by atoms with Crippen LogP contribution in [0.15, 0.2) is 18.3 Å². The maximum absolute atomic E-state index is 8.92. The monoisotopic (exact) mass is 247 g/mol. The summed E-state index contributed by atoms with van der Waals surface area (Å²) >= 11 is 1.67. The minimum Gasteiger partial charge on any atom is -0.396 e. The van der Waals surface area contributed by atoms with Crippen LogP contribution in [0.2, 0.25) is 0 Å². The summed E-state index contributed by atoms with van der Waals surface area (Å²) in [5, 5.41) is 9.98. The van der Waals surface area contributed by atoms with E-state index in [9.17, 15) is 0 Å². The van der Waals surface area contributed by atoms with Gasteiger partial charge in [0.25, 0.3) is 0 Å². The van der Waals surface area contributed by atoms with Crippen LogP contribution in [0, 0.1) is 20.8 Å². The minimum atomic E-state index is 0.188. The summed E-state index contributed by atoms with van der Waals surface area (Å²) in [7, 11) is 0. The van der Waals surface area contributed by atoms with Gasteiger partial charge in [-0.15, -0.1) is 11.3 Å². The second-order valence-corrected chi connectivity index (χ2v) is 5.49. The summed E-state index contributed by atoms with van der Waals surface area (Å²) in [4.78, 5) is 5.60. The molecule has 17 heavy (non-hydrogen) atoms. The highest BCUT2D eigenvalue weighted by Crippen LogP contribution is 2.31. The molecule has 1 heterocycles. The molecule has 0 atom stereocenters. The van der Waals surface area contributed by atoms with Crippen LogP contribution in [0.3, 0.4) is 0 Å². The fourth-order valence-electron chi connectivity index (χ4n) is 2.17. The molecule has 0 bridgehead atoms. The number of rotatable bonds is 3. The SMILES string of the molecule is Cc1cc(C)c(-c2ncc(CCO)s2)c(C)c1. The number of hydrogen-bond acceptors (Lipinski definition) is 3. The van der Waals surface area contributed by atoms with Crippen molar-refractivity contribution in [2.75, 3.05) is 6.61 Å². The number of benzene rings is 1. The highest BCUT2D eigenvalue weighted by atomic mass is 32.1. The Morgan fingerprint density at radius 1 is 1.18 bits per heavy atom. The first-order valence-corrected chi connectivity index (χ1v) is 6.57. The number of hydrogen-bond donors (Lipinski definition) is 1. The molecule has 0 radical (unpaired) electrons. The quantitative estimate of drug-likeness (QED) is 0.903. The molecular weight excluding hydrogens is 230 g/mol. The summed E-state index contributed by atoms with van der Waals surface area (Å²) in [6.07, 6.45) is 2.57. The lowest BCUT2D eigenvalue weighted by Crippen LogP contribution is -1.89. The molecule has 0 unspecified atom stereocenters. The number of nitrogens with zero attached hydrogens (tertiary/aromatic N) is 1. The third kappa shape index (κ3) is 2.56. The lowest BCUT2D eigenvalue weighted by molar-refractivity contribution is 0.300. The molecule has 3 heteroatoms. The number of aryl methyl sites for hydroxylation is 3. The van der Waals surface area contributed by atoms with E-state index in [2.05, 4.69) is 37.9 Å². The van der Waals surface area contributed by atoms with Gasteiger partial charge in [-0.2, -0.15) is 0 Å². The predicted octanol–water partition coefficient (Wildman–Crippen LogP) is 3.27. The van der Waals surface area contributed by atoms with Gasteiger partial charge in [-0.3, -0.25) is 0 Å². The minimum absolute atomic E-state index is 0.188. The molecule has 1 aromatic heterocycles. The van der Waals surface area contributed by atoms with E-state index >= 15 is 0 Å². The van der Waals surface area contributed by atoms with Crippen molar-refractivity contribution in [3.05, 3.63) is 39.9 Å². The fourth-order valence-corrected chi connectivity index (χ4v) is 3.24. The molecular formula is C14H17NOS. The van der Waals surface area contributed by atoms with E-state index in [4.69, 9.17) is 5.11 Å². The molecule has 0 aliphatic rings. The van der Waals surface area contributed by atoms with Crippen LogP contribution < -0.4 is 0 Å². The zero-order chi connectivity index (χ0) is 12.4. The summed E-state index contributed by atoms with van der Waals surface area (Å²) in [5.41, 5.74) is 5.07. The van der Waals surface area contributed by atoms with Gasteiger partial charge in [-0.1, -0.05) is 17.7 Å². The van der Waals surface area contributed by atoms with E-state index in [1.165, 1.54) is 22.3 Å². The number of aromatic nitrogens is 1. The summed E-state index contributed by atoms with van der Waals surface area (Å²) in [5.74, 6) is 0. The molecule has 0 saturated heterocycles. The Bertz CT molecular complexity index is 508. The van der Waals surface area contributed by atoms with Gasteiger partial charge < -0.3 is 5.11 Å². The lowest BCUT2D eigenvalue weighted by Gasteiger charge is -2.08. The van der Waals surface area contributed by atoms with Gasteiger partial charge in [-0.05, 0) is 31.9 Å². The molecule has 2 aromatic rings. The number of thiazole rings is 1. The largest absolute Gasteiger partial charge is 0.396 e. The van der Waals surface area contributed by atoms with Crippen LogP contribution in [0.4, 0.5) is 0 Å². The smallest absolute Gasteiger partial charge is 0.124 e. The van der Waals surface area contributed by atoms with Crippen molar-refractivity contribution in [3.8, 4) is 10.6 Å². The number of aliphatic hydroxyl groups excluding tert-OH is 1. The zero-order valence-electron chi connectivity index (χ0n) is 10.4. The van der Waals surface area contributed by atoms with Crippen molar-refractivity contribution >= 4 is 11.3 Å². The maximum Gasteiger partial charge on any atom is 0.124 e. The third-order valence-electron chi connectivity index (χ3n) is 2.80. The normalized spacial score (nSPS) is 10.8. The molecule has 2 nitrogen and oxygen atoms in total. The Morgan fingerprint density at radius 3 is 2.41 bits per heavy atom. The molecule has 0 aliphatic heterocycles. The van der Waals surface area contributed by atoms with E-state index in [1.54, 1.807) is 11.3 Å². The van der Waals surface area contributed by atoms with Gasteiger partial charge in [0.2, 0.25) is 0 Å². The molecule has 2 rings (SSSR count). The van der Waals surface area contributed by atoms with E-state index < -0.39 is 0 Å². The first-order chi connectivity index (χ1) is 8.11. The Balaban J connectivity index is 2.45. The highest BCUT2D eigenvalue weighted by Gasteiger charge is 2.10. The van der Waals surface area contributed by atoms with Crippen LogP contribution in [-0.2, 0) is 6.42 Å². The Hall–Kier alpha value is -1.19. The predicted molar refractivity (Wildman–Crippen MR) is 72.6 cm³/mol. The highest BCUT2D eigenvalue weighted by molar-refractivity contribution is 7.15. The van der Waals surface area contributed by atoms with Crippen molar-refractivity contribution in [1.29, 1.82) is 0 Å². The first kappa shape index (κ1) is 12.3. The van der Waals surface area contributed by atoms with Gasteiger partial charge in [-0.25, -0.2) is 4.98 Å². The van der Waals surface area contributed by atoms with E-state index in [-0.39, 0.29) is 6.61 Å². The zero-order valence-corrected chi connectivity index (χ0v) is 11.3. The average Bonchev–Trinajstić information content (AvgIpc) is 2.65. The summed E-state index contributed by atoms with van der Waals surface area (Å²) in [6, 6.07) is 4.38. The van der Waals surface area contributed by atoms with Crippen molar-refractivity contribution in [2.45, 2.75) is 27.2 Å². The van der Waals surface area contributed by atoms with Crippen LogP contribution >= 0.6 is 11.3 Å². The molecule has 1 N–H and O–H groups in total. The Kier molecular flexibility index (Phi) is 3.60. The molecule has 0 aliphatic carbocycles. The first-order valence-electron chi connectivity index (χ1n) is 5.75. The average molecular weight is 247 g/mol. The third-order valence-corrected chi connectivity index (χ3v) is 3.88. The van der Waals surface area contributed by atoms with E-state index in [0.29, 0.717) is 6.42 Å². The summed E-state index contributed by atoms with van der Waals surface area (Å²) in [6.45, 7) is 6.56. The molecule has 0 amide bonds. The van der Waals surface area contributed by atoms with Crippen LogP contribution in [-0.4, -0.2) is 16.7 Å². The maximum atomic E-state index is 8.92. The van der Waals surface area contributed by atoms with E-state index in [1.807, 2.05) is 6.20 Å². The van der Waals surface area contributed by atoms with Gasteiger partial charge >= 0.3 is 0 Å². The second-order valence-electron chi connectivity index (χ2n) is 4.38. The molecule has 0 spiro atoms. The standard InChI is InChI=1S/C14H17NOS/c1-9-6-10(2)13(11(3)7-9)14-15-8-12(17-14)4-5-16/h6-8,16H,4-5H2,1-3H3. The van der Waals surface area contributed by atoms with Crippen LogP contribution in [0.5, 0.6) is 0 Å². The van der Waals surface area contributed by atoms with Crippen LogP contribution in [0.25, 0.3) is 10.6 Å². The van der Waals surface area contributed by atoms with Gasteiger partial charge in [0.15, 0.2) is 0 Å². The van der Waals surface area contributed by atoms with Crippen molar-refractivity contribution in [1.82, 2.24) is 4.98 Å². The Labute approximate surface area is 106 Å². The molecule has 0 saturated carbocycles. The van der Waals surface area contributed by atoms with Crippen molar-refractivity contribution in [3.63, 3.8) is 0 Å².